The van der Waals surface area contributed by atoms with Crippen LogP contribution < -0.4 is 4.74 Å². The fourth-order valence-electron chi connectivity index (χ4n) is 1.93. The monoisotopic (exact) mass is 206 g/mol. The SMILES string of the molecule is COc1cc(CCCO)ccc1C1CC1. The van der Waals surface area contributed by atoms with Gasteiger partial charge in [0.25, 0.3) is 0 Å². The van der Waals surface area contributed by atoms with E-state index in [9.17, 15) is 0 Å². The average molecular weight is 206 g/mol. The Balaban J connectivity index is 2.14. The van der Waals surface area contributed by atoms with Crippen molar-refractivity contribution in [1.82, 2.24) is 0 Å². The number of hydrogen-bond acceptors (Lipinski definition) is 2. The number of rotatable bonds is 5. The number of benzene rings is 1. The first-order chi connectivity index (χ1) is 7.35. The van der Waals surface area contributed by atoms with Crippen LogP contribution in [0.2, 0.25) is 0 Å². The highest BCUT2D eigenvalue weighted by Gasteiger charge is 2.26. The lowest BCUT2D eigenvalue weighted by Crippen LogP contribution is -1.94. The minimum atomic E-state index is 0.257. The van der Waals surface area contributed by atoms with Gasteiger partial charge >= 0.3 is 0 Å². The van der Waals surface area contributed by atoms with E-state index >= 15 is 0 Å². The molecule has 0 saturated heterocycles. The molecule has 0 spiro atoms. The third kappa shape index (κ3) is 2.51. The van der Waals surface area contributed by atoms with Crippen molar-refractivity contribution in [3.63, 3.8) is 0 Å². The lowest BCUT2D eigenvalue weighted by molar-refractivity contribution is 0.288. The molecule has 0 heterocycles. The van der Waals surface area contributed by atoms with E-state index in [1.807, 2.05) is 0 Å². The number of ether oxygens (including phenoxy) is 1. The molecule has 0 bridgehead atoms. The molecule has 1 aliphatic carbocycles. The molecule has 1 N–H and O–H groups in total. The molecule has 0 aliphatic heterocycles. The van der Waals surface area contributed by atoms with Crippen LogP contribution in [0.15, 0.2) is 18.2 Å². The molecule has 2 rings (SSSR count). The van der Waals surface area contributed by atoms with Gasteiger partial charge in [-0.15, -0.1) is 0 Å². The summed E-state index contributed by atoms with van der Waals surface area (Å²) in [6.07, 6.45) is 4.35. The van der Waals surface area contributed by atoms with Crippen molar-refractivity contribution in [2.24, 2.45) is 0 Å². The smallest absolute Gasteiger partial charge is 0.122 e. The van der Waals surface area contributed by atoms with E-state index in [0.29, 0.717) is 0 Å². The maximum atomic E-state index is 8.78. The molecule has 1 saturated carbocycles. The van der Waals surface area contributed by atoms with Crippen LogP contribution in [0.5, 0.6) is 5.75 Å². The van der Waals surface area contributed by atoms with Gasteiger partial charge in [0.05, 0.1) is 7.11 Å². The Hall–Kier alpha value is -1.02. The third-order valence-corrected chi connectivity index (χ3v) is 2.94. The second-order valence-electron chi connectivity index (χ2n) is 4.18. The van der Waals surface area contributed by atoms with Crippen LogP contribution in [-0.2, 0) is 6.42 Å². The van der Waals surface area contributed by atoms with Gasteiger partial charge in [-0.1, -0.05) is 12.1 Å². The maximum Gasteiger partial charge on any atom is 0.122 e. The van der Waals surface area contributed by atoms with Crippen molar-refractivity contribution >= 4 is 0 Å². The molecule has 0 unspecified atom stereocenters. The predicted molar refractivity (Wildman–Crippen MR) is 60.4 cm³/mol. The fraction of sp³-hybridized carbons (Fsp3) is 0.538. The van der Waals surface area contributed by atoms with E-state index < -0.39 is 0 Å². The lowest BCUT2D eigenvalue weighted by Gasteiger charge is -2.09. The minimum Gasteiger partial charge on any atom is -0.496 e. The average Bonchev–Trinajstić information content (AvgIpc) is 3.09. The number of hydrogen-bond donors (Lipinski definition) is 1. The van der Waals surface area contributed by atoms with E-state index in [-0.39, 0.29) is 6.61 Å². The topological polar surface area (TPSA) is 29.5 Å². The second-order valence-corrected chi connectivity index (χ2v) is 4.18. The van der Waals surface area contributed by atoms with Gasteiger partial charge in [0.1, 0.15) is 5.75 Å². The zero-order valence-corrected chi connectivity index (χ0v) is 9.20. The Bertz CT molecular complexity index is 329. The Morgan fingerprint density at radius 2 is 2.20 bits per heavy atom. The standard InChI is InChI=1S/C13H18O2/c1-15-13-9-10(3-2-8-14)4-7-12(13)11-5-6-11/h4,7,9,11,14H,2-3,5-6,8H2,1H3. The predicted octanol–water partition coefficient (Wildman–Crippen LogP) is 2.50. The van der Waals surface area contributed by atoms with E-state index in [4.69, 9.17) is 9.84 Å². The quantitative estimate of drug-likeness (QED) is 0.802. The molecule has 0 aromatic heterocycles. The Kier molecular flexibility index (Phi) is 3.27. The highest BCUT2D eigenvalue weighted by Crippen LogP contribution is 2.44. The number of aliphatic hydroxyl groups is 1. The molecule has 1 aliphatic rings. The number of methoxy groups -OCH3 is 1. The summed E-state index contributed by atoms with van der Waals surface area (Å²) in [5.74, 6) is 1.75. The van der Waals surface area contributed by atoms with E-state index in [2.05, 4.69) is 18.2 Å². The van der Waals surface area contributed by atoms with E-state index in [0.717, 1.165) is 24.5 Å². The van der Waals surface area contributed by atoms with Gasteiger partial charge in [0.2, 0.25) is 0 Å². The molecule has 15 heavy (non-hydrogen) atoms. The van der Waals surface area contributed by atoms with Crippen LogP contribution >= 0.6 is 0 Å². The molecule has 0 atom stereocenters. The summed E-state index contributed by atoms with van der Waals surface area (Å²) in [6.45, 7) is 0.257. The van der Waals surface area contributed by atoms with Crippen LogP contribution in [0.3, 0.4) is 0 Å². The molecule has 1 aromatic rings. The molecule has 82 valence electrons. The van der Waals surface area contributed by atoms with E-state index in [1.165, 1.54) is 24.0 Å². The zero-order valence-electron chi connectivity index (χ0n) is 9.20. The molecule has 2 nitrogen and oxygen atoms in total. The molecule has 0 radical (unpaired) electrons. The summed E-state index contributed by atoms with van der Waals surface area (Å²) in [5, 5.41) is 8.78. The summed E-state index contributed by atoms with van der Waals surface area (Å²) in [6, 6.07) is 6.46. The van der Waals surface area contributed by atoms with Crippen molar-refractivity contribution in [3.05, 3.63) is 29.3 Å². The molecule has 1 fully saturated rings. The second kappa shape index (κ2) is 4.67. The van der Waals surface area contributed by atoms with Crippen LogP contribution in [0.25, 0.3) is 0 Å². The van der Waals surface area contributed by atoms with Gasteiger partial charge in [0, 0.05) is 6.61 Å². The molecule has 0 amide bonds. The van der Waals surface area contributed by atoms with Crippen LogP contribution in [0.1, 0.15) is 36.3 Å². The van der Waals surface area contributed by atoms with Crippen LogP contribution in [-0.4, -0.2) is 18.8 Å². The zero-order chi connectivity index (χ0) is 10.7. The molecular weight excluding hydrogens is 188 g/mol. The summed E-state index contributed by atoms with van der Waals surface area (Å²) in [5.41, 5.74) is 2.61. The Labute approximate surface area is 90.9 Å². The van der Waals surface area contributed by atoms with Crippen molar-refractivity contribution in [1.29, 1.82) is 0 Å². The highest BCUT2D eigenvalue weighted by molar-refractivity contribution is 5.41. The van der Waals surface area contributed by atoms with Crippen molar-refractivity contribution in [2.45, 2.75) is 31.6 Å². The van der Waals surface area contributed by atoms with Crippen molar-refractivity contribution in [2.75, 3.05) is 13.7 Å². The van der Waals surface area contributed by atoms with Gasteiger partial charge < -0.3 is 9.84 Å². The summed E-state index contributed by atoms with van der Waals surface area (Å²) in [4.78, 5) is 0. The van der Waals surface area contributed by atoms with Crippen molar-refractivity contribution < 1.29 is 9.84 Å². The fourth-order valence-corrected chi connectivity index (χ4v) is 1.93. The first-order valence-corrected chi connectivity index (χ1v) is 5.63. The normalized spacial score (nSPS) is 15.3. The molecular formula is C13H18O2. The summed E-state index contributed by atoms with van der Waals surface area (Å²) in [7, 11) is 1.73. The maximum absolute atomic E-state index is 8.78. The number of aliphatic hydroxyl groups excluding tert-OH is 1. The highest BCUT2D eigenvalue weighted by atomic mass is 16.5. The minimum absolute atomic E-state index is 0.257. The Morgan fingerprint density at radius 1 is 1.40 bits per heavy atom. The third-order valence-electron chi connectivity index (χ3n) is 2.94. The largest absolute Gasteiger partial charge is 0.496 e. The van der Waals surface area contributed by atoms with Gasteiger partial charge in [-0.3, -0.25) is 0 Å². The first kappa shape index (κ1) is 10.5. The van der Waals surface area contributed by atoms with Gasteiger partial charge in [-0.05, 0) is 48.8 Å². The van der Waals surface area contributed by atoms with Crippen LogP contribution in [0, 0.1) is 0 Å². The Morgan fingerprint density at radius 3 is 2.80 bits per heavy atom. The first-order valence-electron chi connectivity index (χ1n) is 5.63. The van der Waals surface area contributed by atoms with Gasteiger partial charge in [-0.2, -0.15) is 0 Å². The van der Waals surface area contributed by atoms with Crippen LogP contribution in [0.4, 0.5) is 0 Å². The summed E-state index contributed by atoms with van der Waals surface area (Å²) >= 11 is 0. The summed E-state index contributed by atoms with van der Waals surface area (Å²) < 4.78 is 5.40. The van der Waals surface area contributed by atoms with E-state index in [1.54, 1.807) is 7.11 Å². The molecule has 1 aromatic carbocycles. The lowest BCUT2D eigenvalue weighted by atomic mass is 10.0. The number of aryl methyl sites for hydroxylation is 1. The van der Waals surface area contributed by atoms with Gasteiger partial charge in [-0.25, -0.2) is 0 Å². The van der Waals surface area contributed by atoms with Gasteiger partial charge in [0.15, 0.2) is 0 Å². The molecule has 2 heteroatoms. The van der Waals surface area contributed by atoms with Crippen molar-refractivity contribution in [3.8, 4) is 5.75 Å².